The van der Waals surface area contributed by atoms with Crippen molar-refractivity contribution in [3.05, 3.63) is 60.3 Å². The first-order valence-corrected chi connectivity index (χ1v) is 7.23. The van der Waals surface area contributed by atoms with Gasteiger partial charge in [-0.05, 0) is 30.7 Å². The summed E-state index contributed by atoms with van der Waals surface area (Å²) in [5, 5.41) is 12.9. The number of nitrogens with zero attached hydrogens (tertiary/aromatic N) is 1. The number of nitrogens with one attached hydrogen (secondary N) is 3. The molecule has 1 atom stereocenters. The minimum atomic E-state index is -0.702. The minimum Gasteiger partial charge on any atom is -0.341 e. The fraction of sp³-hybridized carbons (Fsp3) is 0.118. The summed E-state index contributed by atoms with van der Waals surface area (Å²) < 4.78 is 0. The van der Waals surface area contributed by atoms with Crippen LogP contribution in [-0.4, -0.2) is 22.0 Å². The van der Waals surface area contributed by atoms with Gasteiger partial charge in [-0.2, -0.15) is 5.10 Å². The zero-order chi connectivity index (χ0) is 16.2. The molecule has 0 aliphatic carbocycles. The number of hydrogen-bond donors (Lipinski definition) is 3. The second-order valence-electron chi connectivity index (χ2n) is 5.23. The lowest BCUT2D eigenvalue weighted by molar-refractivity contribution is -0.136. The lowest BCUT2D eigenvalue weighted by Gasteiger charge is -2.14. The summed E-state index contributed by atoms with van der Waals surface area (Å²) in [5.74, 6) is -1.38. The summed E-state index contributed by atoms with van der Waals surface area (Å²) in [4.78, 5) is 24.0. The molecular weight excluding hydrogens is 292 g/mol. The van der Waals surface area contributed by atoms with Crippen molar-refractivity contribution in [2.45, 2.75) is 13.0 Å². The minimum absolute atomic E-state index is 0.246. The Morgan fingerprint density at radius 2 is 1.87 bits per heavy atom. The van der Waals surface area contributed by atoms with Gasteiger partial charge in [0.2, 0.25) is 0 Å². The highest BCUT2D eigenvalue weighted by Crippen LogP contribution is 2.16. The van der Waals surface area contributed by atoms with Crippen molar-refractivity contribution in [3.63, 3.8) is 0 Å². The first kappa shape index (κ1) is 14.8. The Morgan fingerprint density at radius 1 is 1.09 bits per heavy atom. The fourth-order valence-electron chi connectivity index (χ4n) is 2.29. The average molecular weight is 308 g/mol. The van der Waals surface area contributed by atoms with E-state index in [2.05, 4.69) is 20.8 Å². The van der Waals surface area contributed by atoms with Gasteiger partial charge in [-0.1, -0.05) is 30.3 Å². The molecule has 0 saturated heterocycles. The van der Waals surface area contributed by atoms with Crippen LogP contribution in [0.5, 0.6) is 0 Å². The average Bonchev–Trinajstić information content (AvgIpc) is 3.03. The molecule has 3 aromatic rings. The Labute approximate surface area is 132 Å². The Bertz CT molecular complexity index is 842. The van der Waals surface area contributed by atoms with Crippen LogP contribution in [0.4, 0.5) is 5.69 Å². The van der Waals surface area contributed by atoms with E-state index < -0.39 is 11.8 Å². The zero-order valence-corrected chi connectivity index (χ0v) is 12.5. The molecule has 3 N–H and O–H groups in total. The van der Waals surface area contributed by atoms with Crippen molar-refractivity contribution < 1.29 is 9.59 Å². The van der Waals surface area contributed by atoms with Gasteiger partial charge in [0.1, 0.15) is 0 Å². The number of H-pyrrole nitrogens is 1. The summed E-state index contributed by atoms with van der Waals surface area (Å²) in [5.41, 5.74) is 2.27. The highest BCUT2D eigenvalue weighted by Gasteiger charge is 2.17. The van der Waals surface area contributed by atoms with Gasteiger partial charge in [-0.15, -0.1) is 0 Å². The van der Waals surface area contributed by atoms with Crippen molar-refractivity contribution in [3.8, 4) is 0 Å². The molecule has 0 spiro atoms. The van der Waals surface area contributed by atoms with Crippen LogP contribution in [0.25, 0.3) is 10.9 Å². The number of carbonyl (C=O) groups excluding carboxylic acids is 2. The third-order valence-corrected chi connectivity index (χ3v) is 3.55. The largest absolute Gasteiger partial charge is 0.341 e. The number of carbonyl (C=O) groups is 2. The highest BCUT2D eigenvalue weighted by molar-refractivity contribution is 6.39. The smallest absolute Gasteiger partial charge is 0.313 e. The van der Waals surface area contributed by atoms with Gasteiger partial charge in [0.25, 0.3) is 0 Å². The molecule has 0 aliphatic heterocycles. The van der Waals surface area contributed by atoms with E-state index in [0.29, 0.717) is 5.69 Å². The van der Waals surface area contributed by atoms with Crippen LogP contribution in [0.3, 0.4) is 0 Å². The van der Waals surface area contributed by atoms with Gasteiger partial charge in [0.05, 0.1) is 17.8 Å². The molecule has 6 nitrogen and oxygen atoms in total. The standard InChI is InChI=1S/C17H16N4O2/c1-11(12-5-3-2-4-6-12)19-16(22)17(23)20-14-8-7-13-10-18-21-15(13)9-14/h2-11H,1H3,(H,18,21)(H,19,22)(H,20,23). The molecule has 0 aliphatic rings. The second kappa shape index (κ2) is 6.31. The van der Waals surface area contributed by atoms with Gasteiger partial charge in [-0.25, -0.2) is 0 Å². The second-order valence-corrected chi connectivity index (χ2v) is 5.23. The number of benzene rings is 2. The summed E-state index contributed by atoms with van der Waals surface area (Å²) in [6, 6.07) is 14.5. The number of amides is 2. The van der Waals surface area contributed by atoms with Crippen LogP contribution in [0.1, 0.15) is 18.5 Å². The van der Waals surface area contributed by atoms with Crippen molar-refractivity contribution in [1.29, 1.82) is 0 Å². The molecule has 116 valence electrons. The predicted molar refractivity (Wildman–Crippen MR) is 87.7 cm³/mol. The maximum absolute atomic E-state index is 12.0. The molecule has 2 amide bonds. The van der Waals surface area contributed by atoms with E-state index in [4.69, 9.17) is 0 Å². The molecule has 0 fully saturated rings. The van der Waals surface area contributed by atoms with E-state index in [9.17, 15) is 9.59 Å². The first-order valence-electron chi connectivity index (χ1n) is 7.23. The Balaban J connectivity index is 1.64. The normalized spacial score (nSPS) is 11.9. The quantitative estimate of drug-likeness (QED) is 0.649. The Morgan fingerprint density at radius 3 is 2.65 bits per heavy atom. The molecule has 0 saturated carbocycles. The molecule has 1 heterocycles. The predicted octanol–water partition coefficient (Wildman–Crippen LogP) is 2.38. The fourth-order valence-corrected chi connectivity index (χ4v) is 2.29. The van der Waals surface area contributed by atoms with Crippen LogP contribution in [0, 0.1) is 0 Å². The van der Waals surface area contributed by atoms with E-state index in [0.717, 1.165) is 16.5 Å². The van der Waals surface area contributed by atoms with Gasteiger partial charge >= 0.3 is 11.8 Å². The molecular formula is C17H16N4O2. The van der Waals surface area contributed by atoms with Crippen LogP contribution in [0.15, 0.2) is 54.7 Å². The third kappa shape index (κ3) is 3.37. The number of anilines is 1. The molecule has 6 heteroatoms. The zero-order valence-electron chi connectivity index (χ0n) is 12.5. The van der Waals surface area contributed by atoms with Crippen molar-refractivity contribution >= 4 is 28.4 Å². The summed E-state index contributed by atoms with van der Waals surface area (Å²) in [7, 11) is 0. The van der Waals surface area contributed by atoms with E-state index in [1.54, 1.807) is 18.3 Å². The maximum Gasteiger partial charge on any atom is 0.313 e. The van der Waals surface area contributed by atoms with Gasteiger partial charge in [-0.3, -0.25) is 14.7 Å². The van der Waals surface area contributed by atoms with Gasteiger partial charge in [0.15, 0.2) is 0 Å². The van der Waals surface area contributed by atoms with E-state index in [1.807, 2.05) is 43.3 Å². The lowest BCUT2D eigenvalue weighted by Crippen LogP contribution is -2.36. The molecule has 2 aromatic carbocycles. The highest BCUT2D eigenvalue weighted by atomic mass is 16.2. The molecule has 1 aromatic heterocycles. The summed E-state index contributed by atoms with van der Waals surface area (Å²) in [6.07, 6.45) is 1.69. The van der Waals surface area contributed by atoms with E-state index >= 15 is 0 Å². The molecule has 23 heavy (non-hydrogen) atoms. The first-order chi connectivity index (χ1) is 11.1. The van der Waals surface area contributed by atoms with Crippen LogP contribution >= 0.6 is 0 Å². The monoisotopic (exact) mass is 308 g/mol. The molecule has 3 rings (SSSR count). The number of fused-ring (bicyclic) bond motifs is 1. The Kier molecular flexibility index (Phi) is 4.05. The molecule has 1 unspecified atom stereocenters. The lowest BCUT2D eigenvalue weighted by atomic mass is 10.1. The number of aromatic amines is 1. The van der Waals surface area contributed by atoms with E-state index in [1.165, 1.54) is 0 Å². The molecule has 0 radical (unpaired) electrons. The van der Waals surface area contributed by atoms with Crippen LogP contribution < -0.4 is 10.6 Å². The number of aromatic nitrogens is 2. The third-order valence-electron chi connectivity index (χ3n) is 3.55. The number of rotatable bonds is 3. The van der Waals surface area contributed by atoms with Gasteiger partial charge in [0, 0.05) is 11.1 Å². The van der Waals surface area contributed by atoms with Crippen LogP contribution in [-0.2, 0) is 9.59 Å². The van der Waals surface area contributed by atoms with Crippen molar-refractivity contribution in [2.75, 3.05) is 5.32 Å². The van der Waals surface area contributed by atoms with Crippen molar-refractivity contribution in [1.82, 2.24) is 15.5 Å². The Hall–Kier alpha value is -3.15. The summed E-state index contributed by atoms with van der Waals surface area (Å²) >= 11 is 0. The van der Waals surface area contributed by atoms with Gasteiger partial charge < -0.3 is 10.6 Å². The number of hydrogen-bond acceptors (Lipinski definition) is 3. The summed E-state index contributed by atoms with van der Waals surface area (Å²) in [6.45, 7) is 1.83. The van der Waals surface area contributed by atoms with Crippen molar-refractivity contribution in [2.24, 2.45) is 0 Å². The SMILES string of the molecule is CC(NC(=O)C(=O)Nc1ccc2cn[nH]c2c1)c1ccccc1. The van der Waals surface area contributed by atoms with E-state index in [-0.39, 0.29) is 6.04 Å². The maximum atomic E-state index is 12.0. The van der Waals surface area contributed by atoms with Crippen LogP contribution in [0.2, 0.25) is 0 Å². The molecule has 0 bridgehead atoms. The topological polar surface area (TPSA) is 86.9 Å².